The van der Waals surface area contributed by atoms with Gasteiger partial charge in [0, 0.05) is 12.1 Å². The third kappa shape index (κ3) is 4.92. The second-order valence-corrected chi connectivity index (χ2v) is 9.12. The topological polar surface area (TPSA) is 125 Å². The molecule has 0 bridgehead atoms. The summed E-state index contributed by atoms with van der Waals surface area (Å²) in [5, 5.41) is 3.30. The Labute approximate surface area is 180 Å². The van der Waals surface area contributed by atoms with E-state index in [9.17, 15) is 22.8 Å². The van der Waals surface area contributed by atoms with Crippen LogP contribution in [0.25, 0.3) is 0 Å². The maximum Gasteiger partial charge on any atom is 0.344 e. The van der Waals surface area contributed by atoms with Crippen molar-refractivity contribution in [1.82, 2.24) is 20.5 Å². The number of carbonyl (C=O) groups is 3. The average Bonchev–Trinajstić information content (AvgIpc) is 2.96. The summed E-state index contributed by atoms with van der Waals surface area (Å²) in [5.41, 5.74) is 2.28. The standard InChI is InChI=1S/C21H24N4O5S/c1-3-22-31(29,30)17-11-9-16(10-12-17)18(26)24-25-19(27)21(2,23-20(25)28)14-13-15-7-5-4-6-8-15/h4-12,22H,3,13-14H2,1-2H3,(H,23,28)(H,24,26). The summed E-state index contributed by atoms with van der Waals surface area (Å²) in [6.45, 7) is 3.51. The van der Waals surface area contributed by atoms with E-state index in [4.69, 9.17) is 0 Å². The Bertz CT molecular complexity index is 1090. The molecule has 0 aromatic heterocycles. The van der Waals surface area contributed by atoms with Gasteiger partial charge in [0.05, 0.1) is 4.90 Å². The molecule has 1 saturated heterocycles. The highest BCUT2D eigenvalue weighted by molar-refractivity contribution is 7.89. The maximum atomic E-state index is 12.8. The zero-order chi connectivity index (χ0) is 22.6. The fourth-order valence-electron chi connectivity index (χ4n) is 3.22. The maximum absolute atomic E-state index is 12.8. The normalized spacial score (nSPS) is 18.7. The number of benzene rings is 2. The van der Waals surface area contributed by atoms with Gasteiger partial charge in [-0.2, -0.15) is 5.01 Å². The van der Waals surface area contributed by atoms with E-state index in [1.165, 1.54) is 24.3 Å². The molecular formula is C21H24N4O5S. The lowest BCUT2D eigenvalue weighted by Crippen LogP contribution is -2.48. The van der Waals surface area contributed by atoms with Crippen molar-refractivity contribution in [3.05, 3.63) is 65.7 Å². The molecule has 4 amide bonds. The number of imide groups is 1. The van der Waals surface area contributed by atoms with Crippen molar-refractivity contribution in [1.29, 1.82) is 0 Å². The fraction of sp³-hybridized carbons (Fsp3) is 0.286. The second kappa shape index (κ2) is 8.86. The quantitative estimate of drug-likeness (QED) is 0.533. The number of hydrazine groups is 1. The Morgan fingerprint density at radius 1 is 1.06 bits per heavy atom. The molecule has 1 atom stereocenters. The largest absolute Gasteiger partial charge is 0.344 e. The molecule has 10 heteroatoms. The smallest absolute Gasteiger partial charge is 0.322 e. The van der Waals surface area contributed by atoms with E-state index in [1.54, 1.807) is 13.8 Å². The first-order chi connectivity index (χ1) is 14.7. The molecule has 1 unspecified atom stereocenters. The molecule has 3 N–H and O–H groups in total. The molecule has 0 aliphatic carbocycles. The van der Waals surface area contributed by atoms with E-state index in [0.29, 0.717) is 17.9 Å². The zero-order valence-corrected chi connectivity index (χ0v) is 18.0. The lowest BCUT2D eigenvalue weighted by atomic mass is 9.93. The minimum atomic E-state index is -3.65. The minimum absolute atomic E-state index is 0.00868. The summed E-state index contributed by atoms with van der Waals surface area (Å²) < 4.78 is 26.3. The van der Waals surface area contributed by atoms with Crippen LogP contribution in [0.3, 0.4) is 0 Å². The predicted octanol–water partition coefficient (Wildman–Crippen LogP) is 1.57. The molecule has 1 aliphatic heterocycles. The minimum Gasteiger partial charge on any atom is -0.322 e. The highest BCUT2D eigenvalue weighted by Gasteiger charge is 2.48. The van der Waals surface area contributed by atoms with E-state index < -0.39 is 33.4 Å². The van der Waals surface area contributed by atoms with Gasteiger partial charge in [-0.1, -0.05) is 37.3 Å². The monoisotopic (exact) mass is 444 g/mol. The molecule has 0 radical (unpaired) electrons. The number of rotatable bonds is 8. The van der Waals surface area contributed by atoms with Gasteiger partial charge in [-0.25, -0.2) is 17.9 Å². The Morgan fingerprint density at radius 3 is 2.32 bits per heavy atom. The van der Waals surface area contributed by atoms with E-state index in [1.807, 2.05) is 30.3 Å². The van der Waals surface area contributed by atoms with Crippen molar-refractivity contribution in [2.24, 2.45) is 0 Å². The van der Waals surface area contributed by atoms with Crippen LogP contribution in [0.2, 0.25) is 0 Å². The molecule has 3 rings (SSSR count). The lowest BCUT2D eigenvalue weighted by Gasteiger charge is -2.21. The average molecular weight is 445 g/mol. The predicted molar refractivity (Wildman–Crippen MR) is 113 cm³/mol. The van der Waals surface area contributed by atoms with E-state index in [-0.39, 0.29) is 17.0 Å². The van der Waals surface area contributed by atoms with Crippen molar-refractivity contribution in [2.75, 3.05) is 6.54 Å². The van der Waals surface area contributed by atoms with Gasteiger partial charge < -0.3 is 5.32 Å². The third-order valence-electron chi connectivity index (χ3n) is 4.99. The number of aryl methyl sites for hydroxylation is 1. The van der Waals surface area contributed by atoms with Crippen LogP contribution >= 0.6 is 0 Å². The van der Waals surface area contributed by atoms with Crippen molar-refractivity contribution in [3.63, 3.8) is 0 Å². The summed E-state index contributed by atoms with van der Waals surface area (Å²) in [6, 6.07) is 14.0. The summed E-state index contributed by atoms with van der Waals surface area (Å²) in [5.74, 6) is -1.27. The summed E-state index contributed by atoms with van der Waals surface area (Å²) in [6.07, 6.45) is 0.942. The molecule has 1 heterocycles. The van der Waals surface area contributed by atoms with Gasteiger partial charge in [-0.05, 0) is 49.6 Å². The van der Waals surface area contributed by atoms with Crippen LogP contribution in [0, 0.1) is 0 Å². The molecule has 164 valence electrons. The van der Waals surface area contributed by atoms with Crippen molar-refractivity contribution < 1.29 is 22.8 Å². The number of carbonyl (C=O) groups excluding carboxylic acids is 3. The van der Waals surface area contributed by atoms with Crippen LogP contribution in [0.15, 0.2) is 59.5 Å². The van der Waals surface area contributed by atoms with Crippen LogP contribution in [-0.2, 0) is 21.2 Å². The molecule has 0 spiro atoms. The van der Waals surface area contributed by atoms with Crippen molar-refractivity contribution in [2.45, 2.75) is 37.1 Å². The number of hydrogen-bond donors (Lipinski definition) is 3. The molecule has 2 aromatic carbocycles. The first-order valence-electron chi connectivity index (χ1n) is 9.77. The van der Waals surface area contributed by atoms with Crippen LogP contribution in [0.1, 0.15) is 36.2 Å². The fourth-order valence-corrected chi connectivity index (χ4v) is 4.26. The van der Waals surface area contributed by atoms with Crippen molar-refractivity contribution >= 4 is 27.9 Å². The van der Waals surface area contributed by atoms with Gasteiger partial charge >= 0.3 is 6.03 Å². The zero-order valence-electron chi connectivity index (χ0n) is 17.2. The first kappa shape index (κ1) is 22.4. The number of amides is 4. The third-order valence-corrected chi connectivity index (χ3v) is 6.55. The lowest BCUT2D eigenvalue weighted by molar-refractivity contribution is -0.132. The van der Waals surface area contributed by atoms with E-state index in [0.717, 1.165) is 5.56 Å². The van der Waals surface area contributed by atoms with Crippen LogP contribution < -0.4 is 15.5 Å². The number of sulfonamides is 1. The van der Waals surface area contributed by atoms with E-state index >= 15 is 0 Å². The van der Waals surface area contributed by atoms with Gasteiger partial charge in [-0.3, -0.25) is 15.0 Å². The van der Waals surface area contributed by atoms with E-state index in [2.05, 4.69) is 15.5 Å². The van der Waals surface area contributed by atoms with Crippen molar-refractivity contribution in [3.8, 4) is 0 Å². The van der Waals surface area contributed by atoms with Gasteiger partial charge in [0.2, 0.25) is 10.0 Å². The van der Waals surface area contributed by atoms with Gasteiger partial charge in [0.15, 0.2) is 0 Å². The highest BCUT2D eigenvalue weighted by Crippen LogP contribution is 2.22. The molecular weight excluding hydrogens is 420 g/mol. The van der Waals surface area contributed by atoms with Crippen LogP contribution in [-0.4, -0.2) is 43.4 Å². The van der Waals surface area contributed by atoms with Gasteiger partial charge in [0.25, 0.3) is 11.8 Å². The number of hydrogen-bond acceptors (Lipinski definition) is 5. The Hall–Kier alpha value is -3.24. The Kier molecular flexibility index (Phi) is 6.42. The molecule has 31 heavy (non-hydrogen) atoms. The SMILES string of the molecule is CCNS(=O)(=O)c1ccc(C(=O)NN2C(=O)NC(C)(CCc3ccccc3)C2=O)cc1. The Morgan fingerprint density at radius 2 is 1.71 bits per heavy atom. The van der Waals surface area contributed by atoms with Gasteiger partial charge in [-0.15, -0.1) is 0 Å². The Balaban J connectivity index is 1.67. The second-order valence-electron chi connectivity index (χ2n) is 7.36. The molecule has 9 nitrogen and oxygen atoms in total. The highest BCUT2D eigenvalue weighted by atomic mass is 32.2. The molecule has 0 saturated carbocycles. The van der Waals surface area contributed by atoms with Crippen LogP contribution in [0.5, 0.6) is 0 Å². The molecule has 2 aromatic rings. The summed E-state index contributed by atoms with van der Waals surface area (Å²) >= 11 is 0. The number of nitrogens with zero attached hydrogens (tertiary/aromatic N) is 1. The van der Waals surface area contributed by atoms with Gasteiger partial charge in [0.1, 0.15) is 5.54 Å². The number of nitrogens with one attached hydrogen (secondary N) is 3. The summed E-state index contributed by atoms with van der Waals surface area (Å²) in [7, 11) is -3.65. The first-order valence-corrected chi connectivity index (χ1v) is 11.3. The molecule has 1 aliphatic rings. The van der Waals surface area contributed by atoms with Crippen LogP contribution in [0.4, 0.5) is 4.79 Å². The summed E-state index contributed by atoms with van der Waals surface area (Å²) in [4.78, 5) is 37.7. The molecule has 1 fully saturated rings. The number of urea groups is 1.